The van der Waals surface area contributed by atoms with Crippen molar-refractivity contribution in [2.75, 3.05) is 6.54 Å². The molecule has 2 atom stereocenters. The third kappa shape index (κ3) is 1.68. The van der Waals surface area contributed by atoms with Crippen molar-refractivity contribution in [1.29, 1.82) is 0 Å². The van der Waals surface area contributed by atoms with Gasteiger partial charge in [-0.15, -0.1) is 0 Å². The van der Waals surface area contributed by atoms with Crippen LogP contribution in [0.2, 0.25) is 0 Å². The normalized spacial score (nSPS) is 33.7. The minimum Gasteiger partial charge on any atom is -0.480 e. The molecule has 1 aliphatic rings. The van der Waals surface area contributed by atoms with Crippen LogP contribution in [0.15, 0.2) is 0 Å². The molecular weight excluding hydrogens is 134 g/mol. The van der Waals surface area contributed by atoms with Crippen LogP contribution in [-0.4, -0.2) is 34.9 Å². The van der Waals surface area contributed by atoms with Gasteiger partial charge >= 0.3 is 5.97 Å². The Bertz CT molecular complexity index is 129. The van der Waals surface area contributed by atoms with E-state index in [4.69, 9.17) is 10.2 Å². The number of hydrogen-bond donors (Lipinski definition) is 3. The zero-order chi connectivity index (χ0) is 7.56. The van der Waals surface area contributed by atoms with Crippen molar-refractivity contribution in [2.24, 2.45) is 0 Å². The average molecular weight is 145 g/mol. The van der Waals surface area contributed by atoms with Gasteiger partial charge in [0, 0.05) is 6.54 Å². The predicted octanol–water partition coefficient (Wildman–Crippen LogP) is -0.816. The first-order valence-electron chi connectivity index (χ1n) is 3.34. The smallest absolute Gasteiger partial charge is 0.320 e. The van der Waals surface area contributed by atoms with Gasteiger partial charge in [-0.3, -0.25) is 4.79 Å². The van der Waals surface area contributed by atoms with Crippen molar-refractivity contribution in [3.63, 3.8) is 0 Å². The molecule has 10 heavy (non-hydrogen) atoms. The molecule has 0 aromatic carbocycles. The number of aliphatic carboxylic acids is 1. The van der Waals surface area contributed by atoms with Crippen LogP contribution >= 0.6 is 0 Å². The maximum absolute atomic E-state index is 10.3. The molecule has 1 heterocycles. The molecule has 4 heteroatoms. The van der Waals surface area contributed by atoms with Gasteiger partial charge in [0.05, 0.1) is 6.10 Å². The van der Waals surface area contributed by atoms with E-state index < -0.39 is 12.0 Å². The molecule has 0 saturated carbocycles. The van der Waals surface area contributed by atoms with Gasteiger partial charge < -0.3 is 15.5 Å². The Morgan fingerprint density at radius 3 is 2.60 bits per heavy atom. The van der Waals surface area contributed by atoms with E-state index in [1.807, 2.05) is 0 Å². The highest BCUT2D eigenvalue weighted by molar-refractivity contribution is 5.73. The maximum Gasteiger partial charge on any atom is 0.320 e. The molecule has 1 aliphatic heterocycles. The molecule has 1 unspecified atom stereocenters. The van der Waals surface area contributed by atoms with Gasteiger partial charge in [0.15, 0.2) is 0 Å². The van der Waals surface area contributed by atoms with Crippen LogP contribution in [0.1, 0.15) is 12.8 Å². The van der Waals surface area contributed by atoms with Gasteiger partial charge in [-0.05, 0) is 12.8 Å². The van der Waals surface area contributed by atoms with Crippen LogP contribution in [0.5, 0.6) is 0 Å². The number of nitrogens with one attached hydrogen (secondary N) is 1. The largest absolute Gasteiger partial charge is 0.480 e. The second kappa shape index (κ2) is 2.98. The number of aliphatic hydroxyl groups is 1. The fourth-order valence-corrected chi connectivity index (χ4v) is 1.05. The molecule has 58 valence electrons. The van der Waals surface area contributed by atoms with Crippen molar-refractivity contribution in [3.05, 3.63) is 0 Å². The summed E-state index contributed by atoms with van der Waals surface area (Å²) in [5.74, 6) is -0.827. The molecule has 0 aromatic heterocycles. The molecule has 1 rings (SSSR count). The Hall–Kier alpha value is -0.610. The number of hydrogen-bond acceptors (Lipinski definition) is 3. The van der Waals surface area contributed by atoms with Crippen molar-refractivity contribution >= 4 is 5.97 Å². The highest BCUT2D eigenvalue weighted by Crippen LogP contribution is 2.07. The Morgan fingerprint density at radius 2 is 2.20 bits per heavy atom. The first-order valence-corrected chi connectivity index (χ1v) is 3.34. The van der Waals surface area contributed by atoms with Gasteiger partial charge in [-0.1, -0.05) is 0 Å². The molecule has 1 fully saturated rings. The van der Waals surface area contributed by atoms with E-state index in [-0.39, 0.29) is 6.10 Å². The second-order valence-electron chi connectivity index (χ2n) is 2.53. The monoisotopic (exact) mass is 145 g/mol. The van der Waals surface area contributed by atoms with Crippen molar-refractivity contribution in [3.8, 4) is 0 Å². The molecular formula is C6H11NO3. The summed E-state index contributed by atoms with van der Waals surface area (Å²) in [5, 5.41) is 20.2. The third-order valence-corrected chi connectivity index (χ3v) is 1.69. The maximum atomic E-state index is 10.3. The minimum absolute atomic E-state index is 0.365. The summed E-state index contributed by atoms with van der Waals surface area (Å²) in [6.45, 7) is 0.400. The van der Waals surface area contributed by atoms with E-state index in [0.29, 0.717) is 19.4 Å². The first-order chi connectivity index (χ1) is 4.70. The highest BCUT2D eigenvalue weighted by atomic mass is 16.4. The van der Waals surface area contributed by atoms with E-state index in [0.717, 1.165) is 0 Å². The van der Waals surface area contributed by atoms with Crippen LogP contribution in [0.4, 0.5) is 0 Å². The topological polar surface area (TPSA) is 69.6 Å². The second-order valence-corrected chi connectivity index (χ2v) is 2.53. The summed E-state index contributed by atoms with van der Waals surface area (Å²) in [6, 6.07) is -0.455. The van der Waals surface area contributed by atoms with Crippen molar-refractivity contribution in [1.82, 2.24) is 5.32 Å². The van der Waals surface area contributed by atoms with Crippen LogP contribution in [0.3, 0.4) is 0 Å². The Kier molecular flexibility index (Phi) is 2.24. The molecule has 0 aliphatic carbocycles. The number of carbonyl (C=O) groups is 1. The van der Waals surface area contributed by atoms with Crippen molar-refractivity contribution < 1.29 is 15.0 Å². The quantitative estimate of drug-likeness (QED) is 0.451. The Labute approximate surface area is 58.9 Å². The van der Waals surface area contributed by atoms with Crippen LogP contribution in [0, 0.1) is 0 Å². The third-order valence-electron chi connectivity index (χ3n) is 1.69. The van der Waals surface area contributed by atoms with Gasteiger partial charge in [0.1, 0.15) is 6.04 Å². The number of carboxylic acids is 1. The predicted molar refractivity (Wildman–Crippen MR) is 34.7 cm³/mol. The molecule has 0 spiro atoms. The minimum atomic E-state index is -0.827. The molecule has 1 saturated heterocycles. The summed E-state index contributed by atoms with van der Waals surface area (Å²) >= 11 is 0. The van der Waals surface area contributed by atoms with Gasteiger partial charge in [0.2, 0.25) is 0 Å². The number of β-amino-alcohol motifs (C(OH)–C–C–N with tert-alkyl or cyclic N) is 1. The molecule has 0 amide bonds. The zero-order valence-electron chi connectivity index (χ0n) is 5.58. The van der Waals surface area contributed by atoms with Gasteiger partial charge in [-0.25, -0.2) is 0 Å². The van der Waals surface area contributed by atoms with E-state index >= 15 is 0 Å². The average Bonchev–Trinajstić information content (AvgIpc) is 1.88. The standard InChI is InChI=1S/C6H11NO3/c8-4-1-2-5(6(9)10)7-3-4/h4-5,7-8H,1-3H2,(H,9,10)/t4-,5?/m1/s1. The summed E-state index contributed by atoms with van der Waals surface area (Å²) in [5.41, 5.74) is 0. The Morgan fingerprint density at radius 1 is 1.50 bits per heavy atom. The molecule has 3 N–H and O–H groups in total. The van der Waals surface area contributed by atoms with E-state index in [1.165, 1.54) is 0 Å². The SMILES string of the molecule is O=C(O)C1CC[C@@H](O)CN1. The van der Waals surface area contributed by atoms with Crippen LogP contribution in [-0.2, 0) is 4.79 Å². The summed E-state index contributed by atoms with van der Waals surface area (Å²) in [6.07, 6.45) is 0.746. The lowest BCUT2D eigenvalue weighted by Gasteiger charge is -2.23. The molecule has 0 aromatic rings. The van der Waals surface area contributed by atoms with Crippen LogP contribution in [0.25, 0.3) is 0 Å². The highest BCUT2D eigenvalue weighted by Gasteiger charge is 2.23. The number of rotatable bonds is 1. The lowest BCUT2D eigenvalue weighted by atomic mass is 10.0. The fourth-order valence-electron chi connectivity index (χ4n) is 1.05. The lowest BCUT2D eigenvalue weighted by Crippen LogP contribution is -2.45. The summed E-state index contributed by atoms with van der Waals surface area (Å²) < 4.78 is 0. The number of carboxylic acid groups (broad SMARTS) is 1. The van der Waals surface area contributed by atoms with E-state index in [9.17, 15) is 4.79 Å². The zero-order valence-corrected chi connectivity index (χ0v) is 5.58. The summed E-state index contributed by atoms with van der Waals surface area (Å²) in [7, 11) is 0. The fraction of sp³-hybridized carbons (Fsp3) is 0.833. The number of piperidine rings is 1. The van der Waals surface area contributed by atoms with Gasteiger partial charge in [0.25, 0.3) is 0 Å². The lowest BCUT2D eigenvalue weighted by molar-refractivity contribution is -0.140. The summed E-state index contributed by atoms with van der Waals surface area (Å²) in [4.78, 5) is 10.3. The van der Waals surface area contributed by atoms with Crippen LogP contribution < -0.4 is 5.32 Å². The van der Waals surface area contributed by atoms with E-state index in [1.54, 1.807) is 0 Å². The molecule has 0 radical (unpaired) electrons. The van der Waals surface area contributed by atoms with Gasteiger partial charge in [-0.2, -0.15) is 0 Å². The van der Waals surface area contributed by atoms with Crippen molar-refractivity contribution in [2.45, 2.75) is 25.0 Å². The molecule has 0 bridgehead atoms. The Balaban J connectivity index is 2.33. The first kappa shape index (κ1) is 7.50. The molecule has 4 nitrogen and oxygen atoms in total. The number of aliphatic hydroxyl groups excluding tert-OH is 1. The van der Waals surface area contributed by atoms with E-state index in [2.05, 4.69) is 5.32 Å².